The minimum absolute atomic E-state index is 0.0516. The standard InChI is InChI=1S/C16H33N3O/c1-17(2)8-9-18-10-12-19(13-11-18)14-15-6-4-3-5-7-16(15)20/h15-16,20H,3-14H2,1-2H3. The van der Waals surface area contributed by atoms with Crippen molar-refractivity contribution < 1.29 is 5.11 Å². The molecule has 1 aliphatic carbocycles. The van der Waals surface area contributed by atoms with Gasteiger partial charge in [0.15, 0.2) is 0 Å². The summed E-state index contributed by atoms with van der Waals surface area (Å²) in [4.78, 5) is 7.40. The summed E-state index contributed by atoms with van der Waals surface area (Å²) in [5.74, 6) is 0.519. The molecular weight excluding hydrogens is 250 g/mol. The number of aliphatic hydroxyl groups excluding tert-OH is 1. The number of rotatable bonds is 5. The van der Waals surface area contributed by atoms with Gasteiger partial charge >= 0.3 is 0 Å². The maximum atomic E-state index is 10.2. The first kappa shape index (κ1) is 16.2. The van der Waals surface area contributed by atoms with Gasteiger partial charge in [-0.15, -0.1) is 0 Å². The Labute approximate surface area is 124 Å². The zero-order chi connectivity index (χ0) is 14.4. The van der Waals surface area contributed by atoms with Gasteiger partial charge in [0.2, 0.25) is 0 Å². The average molecular weight is 283 g/mol. The van der Waals surface area contributed by atoms with Crippen molar-refractivity contribution in [1.29, 1.82) is 0 Å². The van der Waals surface area contributed by atoms with Crippen LogP contribution in [-0.4, -0.2) is 85.8 Å². The van der Waals surface area contributed by atoms with E-state index in [-0.39, 0.29) is 6.10 Å². The molecule has 0 aromatic rings. The van der Waals surface area contributed by atoms with Crippen LogP contribution in [0.1, 0.15) is 32.1 Å². The molecule has 0 aromatic heterocycles. The van der Waals surface area contributed by atoms with E-state index < -0.39 is 0 Å². The lowest BCUT2D eigenvalue weighted by Crippen LogP contribution is -2.49. The summed E-state index contributed by atoms with van der Waals surface area (Å²) < 4.78 is 0. The second-order valence-electron chi connectivity index (χ2n) is 6.91. The summed E-state index contributed by atoms with van der Waals surface area (Å²) in [6.45, 7) is 8.19. The van der Waals surface area contributed by atoms with Gasteiger partial charge in [-0.1, -0.05) is 19.3 Å². The predicted molar refractivity (Wildman–Crippen MR) is 84.0 cm³/mol. The first-order chi connectivity index (χ1) is 9.65. The Morgan fingerprint density at radius 1 is 0.950 bits per heavy atom. The number of nitrogens with zero attached hydrogens (tertiary/aromatic N) is 3. The molecule has 0 spiro atoms. The monoisotopic (exact) mass is 283 g/mol. The molecule has 0 radical (unpaired) electrons. The van der Waals surface area contributed by atoms with Gasteiger partial charge in [0.25, 0.3) is 0 Å². The quantitative estimate of drug-likeness (QED) is 0.766. The van der Waals surface area contributed by atoms with Crippen molar-refractivity contribution in [3.63, 3.8) is 0 Å². The van der Waals surface area contributed by atoms with Crippen LogP contribution in [0.3, 0.4) is 0 Å². The van der Waals surface area contributed by atoms with E-state index in [9.17, 15) is 5.11 Å². The number of hydrogen-bond acceptors (Lipinski definition) is 4. The molecule has 2 unspecified atom stereocenters. The summed E-state index contributed by atoms with van der Waals surface area (Å²) in [5.41, 5.74) is 0. The molecule has 2 fully saturated rings. The maximum absolute atomic E-state index is 10.2. The van der Waals surface area contributed by atoms with E-state index in [0.29, 0.717) is 5.92 Å². The van der Waals surface area contributed by atoms with Gasteiger partial charge in [0.1, 0.15) is 0 Å². The summed E-state index contributed by atoms with van der Waals surface area (Å²) in [6, 6.07) is 0. The van der Waals surface area contributed by atoms with Crippen LogP contribution in [0.25, 0.3) is 0 Å². The number of likely N-dealkylation sites (N-methyl/N-ethyl adjacent to an activating group) is 1. The van der Waals surface area contributed by atoms with Crippen LogP contribution in [0.4, 0.5) is 0 Å². The van der Waals surface area contributed by atoms with Gasteiger partial charge in [0.05, 0.1) is 6.10 Å². The fourth-order valence-corrected chi connectivity index (χ4v) is 3.45. The van der Waals surface area contributed by atoms with Crippen molar-refractivity contribution in [2.24, 2.45) is 5.92 Å². The summed E-state index contributed by atoms with van der Waals surface area (Å²) >= 11 is 0. The van der Waals surface area contributed by atoms with Gasteiger partial charge in [-0.2, -0.15) is 0 Å². The lowest BCUT2D eigenvalue weighted by molar-refractivity contribution is 0.0528. The highest BCUT2D eigenvalue weighted by molar-refractivity contribution is 4.79. The van der Waals surface area contributed by atoms with Crippen molar-refractivity contribution in [1.82, 2.24) is 14.7 Å². The number of aliphatic hydroxyl groups is 1. The van der Waals surface area contributed by atoms with Crippen molar-refractivity contribution >= 4 is 0 Å². The molecule has 2 atom stereocenters. The zero-order valence-corrected chi connectivity index (χ0v) is 13.4. The second kappa shape index (κ2) is 8.32. The Morgan fingerprint density at radius 3 is 2.30 bits per heavy atom. The summed E-state index contributed by atoms with van der Waals surface area (Å²) in [5, 5.41) is 10.2. The topological polar surface area (TPSA) is 30.0 Å². The van der Waals surface area contributed by atoms with Crippen LogP contribution < -0.4 is 0 Å². The van der Waals surface area contributed by atoms with Gasteiger partial charge < -0.3 is 14.9 Å². The SMILES string of the molecule is CN(C)CCN1CCN(CC2CCCCCC2O)CC1. The summed E-state index contributed by atoms with van der Waals surface area (Å²) in [6.07, 6.45) is 6.03. The van der Waals surface area contributed by atoms with Gasteiger partial charge in [-0.05, 0) is 32.9 Å². The molecule has 1 N–H and O–H groups in total. The first-order valence-corrected chi connectivity index (χ1v) is 8.42. The van der Waals surface area contributed by atoms with Gasteiger partial charge in [-0.3, -0.25) is 4.90 Å². The van der Waals surface area contributed by atoms with E-state index in [1.165, 1.54) is 58.4 Å². The molecule has 4 nitrogen and oxygen atoms in total. The third-order valence-electron chi connectivity index (χ3n) is 4.94. The van der Waals surface area contributed by atoms with Crippen LogP contribution in [0.5, 0.6) is 0 Å². The minimum Gasteiger partial charge on any atom is -0.393 e. The van der Waals surface area contributed by atoms with Crippen molar-refractivity contribution in [3.8, 4) is 0 Å². The largest absolute Gasteiger partial charge is 0.393 e. The fraction of sp³-hybridized carbons (Fsp3) is 1.00. The second-order valence-corrected chi connectivity index (χ2v) is 6.91. The van der Waals surface area contributed by atoms with Crippen LogP contribution in [0.15, 0.2) is 0 Å². The van der Waals surface area contributed by atoms with E-state index in [1.54, 1.807) is 0 Å². The molecule has 2 aliphatic rings. The molecule has 1 saturated carbocycles. The zero-order valence-electron chi connectivity index (χ0n) is 13.4. The normalized spacial score (nSPS) is 30.6. The van der Waals surface area contributed by atoms with E-state index in [1.807, 2.05) is 0 Å². The number of piperazine rings is 1. The lowest BCUT2D eigenvalue weighted by Gasteiger charge is -2.37. The van der Waals surface area contributed by atoms with Crippen LogP contribution >= 0.6 is 0 Å². The molecule has 20 heavy (non-hydrogen) atoms. The maximum Gasteiger partial charge on any atom is 0.0580 e. The molecule has 4 heteroatoms. The Kier molecular flexibility index (Phi) is 6.75. The highest BCUT2D eigenvalue weighted by Gasteiger charge is 2.25. The molecule has 118 valence electrons. The van der Waals surface area contributed by atoms with E-state index in [0.717, 1.165) is 19.5 Å². The Bertz CT molecular complexity index is 264. The van der Waals surface area contributed by atoms with E-state index in [2.05, 4.69) is 28.8 Å². The molecule has 0 bridgehead atoms. The van der Waals surface area contributed by atoms with E-state index >= 15 is 0 Å². The van der Waals surface area contributed by atoms with Crippen LogP contribution in [0.2, 0.25) is 0 Å². The molecule has 1 heterocycles. The van der Waals surface area contributed by atoms with Crippen LogP contribution in [0, 0.1) is 5.92 Å². The van der Waals surface area contributed by atoms with Crippen LogP contribution in [-0.2, 0) is 0 Å². The smallest absolute Gasteiger partial charge is 0.0580 e. The van der Waals surface area contributed by atoms with E-state index in [4.69, 9.17) is 0 Å². The summed E-state index contributed by atoms with van der Waals surface area (Å²) in [7, 11) is 4.29. The molecule has 0 aromatic carbocycles. The minimum atomic E-state index is -0.0516. The van der Waals surface area contributed by atoms with Gasteiger partial charge in [0, 0.05) is 45.8 Å². The fourth-order valence-electron chi connectivity index (χ4n) is 3.45. The molecule has 1 saturated heterocycles. The van der Waals surface area contributed by atoms with Crippen molar-refractivity contribution in [3.05, 3.63) is 0 Å². The molecule has 0 amide bonds. The van der Waals surface area contributed by atoms with Crippen molar-refractivity contribution in [2.45, 2.75) is 38.2 Å². The Hall–Kier alpha value is -0.160. The third kappa shape index (κ3) is 5.32. The Balaban J connectivity index is 1.68. The number of hydrogen-bond donors (Lipinski definition) is 1. The molecule has 2 rings (SSSR count). The molecular formula is C16H33N3O. The highest BCUT2D eigenvalue weighted by Crippen LogP contribution is 2.24. The van der Waals surface area contributed by atoms with Crippen molar-refractivity contribution in [2.75, 3.05) is 59.9 Å². The Morgan fingerprint density at radius 2 is 1.60 bits per heavy atom. The highest BCUT2D eigenvalue weighted by atomic mass is 16.3. The predicted octanol–water partition coefficient (Wildman–Crippen LogP) is 1.11. The average Bonchev–Trinajstić information content (AvgIpc) is 2.63. The lowest BCUT2D eigenvalue weighted by atomic mass is 9.96. The third-order valence-corrected chi connectivity index (χ3v) is 4.94. The molecule has 1 aliphatic heterocycles. The van der Waals surface area contributed by atoms with Gasteiger partial charge in [-0.25, -0.2) is 0 Å². The first-order valence-electron chi connectivity index (χ1n) is 8.42.